The first-order valence-electron chi connectivity index (χ1n) is 8.36. The van der Waals surface area contributed by atoms with Gasteiger partial charge in [-0.2, -0.15) is 0 Å². The van der Waals surface area contributed by atoms with Crippen LogP contribution in [0.3, 0.4) is 0 Å². The Morgan fingerprint density at radius 3 is 2.57 bits per heavy atom. The van der Waals surface area contributed by atoms with Crippen LogP contribution in [0.25, 0.3) is 0 Å². The minimum absolute atomic E-state index is 0.227. The summed E-state index contributed by atoms with van der Waals surface area (Å²) in [5.41, 5.74) is 12.7. The van der Waals surface area contributed by atoms with Crippen molar-refractivity contribution < 1.29 is 13.9 Å². The van der Waals surface area contributed by atoms with Crippen molar-refractivity contribution in [2.75, 3.05) is 23.6 Å². The summed E-state index contributed by atoms with van der Waals surface area (Å²) in [5.74, 6) is 0.353. The van der Waals surface area contributed by atoms with Crippen LogP contribution in [-0.2, 0) is 6.54 Å². The van der Waals surface area contributed by atoms with E-state index >= 15 is 0 Å². The Morgan fingerprint density at radius 2 is 1.82 bits per heavy atom. The Morgan fingerprint density at radius 1 is 1.11 bits per heavy atom. The number of carbonyl (C=O) groups excluding carboxylic acids is 1. The van der Waals surface area contributed by atoms with E-state index in [4.69, 9.17) is 10.5 Å². The lowest BCUT2D eigenvalue weighted by atomic mass is 10.2. The summed E-state index contributed by atoms with van der Waals surface area (Å²) in [4.78, 5) is 20.5. The molecule has 0 radical (unpaired) electrons. The van der Waals surface area contributed by atoms with Crippen molar-refractivity contribution in [3.63, 3.8) is 0 Å². The van der Waals surface area contributed by atoms with Gasteiger partial charge in [-0.3, -0.25) is 15.6 Å². The number of halogens is 1. The SMILES string of the molecule is COc1ccccc1C(=O)NNc1ncnc(NCc2ccc(F)cc2)c1N. The largest absolute Gasteiger partial charge is 0.496 e. The quantitative estimate of drug-likeness (QED) is 0.464. The number of hydrogen-bond acceptors (Lipinski definition) is 7. The summed E-state index contributed by atoms with van der Waals surface area (Å²) in [6, 6.07) is 12.9. The predicted octanol–water partition coefficient (Wildman–Crippen LogP) is 2.58. The summed E-state index contributed by atoms with van der Waals surface area (Å²) in [7, 11) is 1.49. The van der Waals surface area contributed by atoms with E-state index in [1.807, 2.05) is 0 Å². The highest BCUT2D eigenvalue weighted by molar-refractivity contribution is 5.97. The Hall–Kier alpha value is -3.88. The summed E-state index contributed by atoms with van der Waals surface area (Å²) < 4.78 is 18.1. The number of nitrogen functional groups attached to an aromatic ring is 1. The second-order valence-electron chi connectivity index (χ2n) is 5.74. The van der Waals surface area contributed by atoms with Gasteiger partial charge >= 0.3 is 0 Å². The standard InChI is InChI=1S/C19H19FN6O2/c1-28-15-5-3-2-4-14(15)19(27)26-25-18-16(21)17(23-11-24-18)22-10-12-6-8-13(20)9-7-12/h2-9,11H,10,21H2,1H3,(H,26,27)(H2,22,23,24,25). The van der Waals surface area contributed by atoms with E-state index in [-0.39, 0.29) is 17.3 Å². The molecule has 0 saturated heterocycles. The third kappa shape index (κ3) is 4.44. The minimum Gasteiger partial charge on any atom is -0.496 e. The lowest BCUT2D eigenvalue weighted by molar-refractivity contribution is 0.0959. The van der Waals surface area contributed by atoms with E-state index < -0.39 is 5.91 Å². The maximum absolute atomic E-state index is 13.0. The molecule has 0 bridgehead atoms. The smallest absolute Gasteiger partial charge is 0.273 e. The van der Waals surface area contributed by atoms with Gasteiger partial charge in [0.15, 0.2) is 11.6 Å². The van der Waals surface area contributed by atoms with Crippen molar-refractivity contribution in [3.05, 3.63) is 71.8 Å². The van der Waals surface area contributed by atoms with E-state index in [2.05, 4.69) is 26.1 Å². The van der Waals surface area contributed by atoms with Gasteiger partial charge in [-0.1, -0.05) is 24.3 Å². The molecule has 2 aromatic carbocycles. The summed E-state index contributed by atoms with van der Waals surface area (Å²) in [5, 5.41) is 3.06. The molecule has 0 unspecified atom stereocenters. The van der Waals surface area contributed by atoms with Gasteiger partial charge in [-0.05, 0) is 29.8 Å². The number of para-hydroxylation sites is 1. The molecule has 0 aliphatic carbocycles. The van der Waals surface area contributed by atoms with Crippen molar-refractivity contribution in [1.29, 1.82) is 0 Å². The number of hydrazine groups is 1. The van der Waals surface area contributed by atoms with Gasteiger partial charge in [0.05, 0.1) is 12.7 Å². The van der Waals surface area contributed by atoms with Crippen molar-refractivity contribution >= 4 is 23.2 Å². The van der Waals surface area contributed by atoms with Gasteiger partial charge in [-0.15, -0.1) is 0 Å². The number of aromatic nitrogens is 2. The van der Waals surface area contributed by atoms with E-state index in [0.29, 0.717) is 23.7 Å². The number of nitrogens with zero attached hydrogens (tertiary/aromatic N) is 2. The van der Waals surface area contributed by atoms with Gasteiger partial charge in [0.25, 0.3) is 5.91 Å². The van der Waals surface area contributed by atoms with Gasteiger partial charge in [0.2, 0.25) is 0 Å². The zero-order valence-corrected chi connectivity index (χ0v) is 15.1. The summed E-state index contributed by atoms with van der Waals surface area (Å²) >= 11 is 0. The maximum atomic E-state index is 13.0. The number of anilines is 3. The third-order valence-corrected chi connectivity index (χ3v) is 3.90. The fraction of sp³-hybridized carbons (Fsp3) is 0.105. The summed E-state index contributed by atoms with van der Waals surface area (Å²) in [6.45, 7) is 0.397. The topological polar surface area (TPSA) is 114 Å². The normalized spacial score (nSPS) is 10.2. The minimum atomic E-state index is -0.406. The molecule has 0 saturated carbocycles. The second-order valence-corrected chi connectivity index (χ2v) is 5.74. The number of rotatable bonds is 7. The molecule has 0 atom stereocenters. The van der Waals surface area contributed by atoms with Crippen molar-refractivity contribution in [3.8, 4) is 5.75 Å². The highest BCUT2D eigenvalue weighted by Crippen LogP contribution is 2.23. The third-order valence-electron chi connectivity index (χ3n) is 3.90. The average Bonchev–Trinajstić information content (AvgIpc) is 2.73. The van der Waals surface area contributed by atoms with Crippen LogP contribution >= 0.6 is 0 Å². The van der Waals surface area contributed by atoms with Crippen LogP contribution in [0.5, 0.6) is 5.75 Å². The van der Waals surface area contributed by atoms with Gasteiger partial charge in [0.1, 0.15) is 23.6 Å². The molecular weight excluding hydrogens is 363 g/mol. The average molecular weight is 382 g/mol. The van der Waals surface area contributed by atoms with Crippen molar-refractivity contribution in [1.82, 2.24) is 15.4 Å². The summed E-state index contributed by atoms with van der Waals surface area (Å²) in [6.07, 6.45) is 1.31. The number of nitrogens with one attached hydrogen (secondary N) is 3. The Bertz CT molecular complexity index is 965. The Kier molecular flexibility index (Phi) is 5.85. The van der Waals surface area contributed by atoms with E-state index in [0.717, 1.165) is 5.56 Å². The molecule has 0 aliphatic heterocycles. The Labute approximate surface area is 160 Å². The molecule has 9 heteroatoms. The van der Waals surface area contributed by atoms with Gasteiger partial charge in [0, 0.05) is 6.54 Å². The first kappa shape index (κ1) is 18.9. The van der Waals surface area contributed by atoms with E-state index in [1.54, 1.807) is 36.4 Å². The van der Waals surface area contributed by atoms with Gasteiger partial charge < -0.3 is 15.8 Å². The molecule has 28 heavy (non-hydrogen) atoms. The zero-order chi connectivity index (χ0) is 19.9. The molecule has 1 amide bonds. The van der Waals surface area contributed by atoms with E-state index in [9.17, 15) is 9.18 Å². The maximum Gasteiger partial charge on any atom is 0.273 e. The molecule has 0 fully saturated rings. The molecule has 0 aliphatic rings. The highest BCUT2D eigenvalue weighted by Gasteiger charge is 2.13. The predicted molar refractivity (Wildman–Crippen MR) is 104 cm³/mol. The fourth-order valence-electron chi connectivity index (χ4n) is 2.44. The molecule has 0 spiro atoms. The first-order chi connectivity index (χ1) is 13.6. The number of carbonyl (C=O) groups is 1. The zero-order valence-electron chi connectivity index (χ0n) is 15.1. The van der Waals surface area contributed by atoms with Crippen LogP contribution in [0.1, 0.15) is 15.9 Å². The molecule has 3 rings (SSSR count). The number of hydrogen-bond donors (Lipinski definition) is 4. The fourth-order valence-corrected chi connectivity index (χ4v) is 2.44. The van der Waals surface area contributed by atoms with Crippen LogP contribution < -0.4 is 26.6 Å². The molecule has 3 aromatic rings. The molecular formula is C19H19FN6O2. The molecule has 8 nitrogen and oxygen atoms in total. The molecule has 5 N–H and O–H groups in total. The van der Waals surface area contributed by atoms with E-state index in [1.165, 1.54) is 25.6 Å². The number of nitrogens with two attached hydrogens (primary N) is 1. The van der Waals surface area contributed by atoms with Crippen LogP contribution in [0.4, 0.5) is 21.7 Å². The highest BCUT2D eigenvalue weighted by atomic mass is 19.1. The number of benzene rings is 2. The Balaban J connectivity index is 1.65. The van der Waals surface area contributed by atoms with Gasteiger partial charge in [-0.25, -0.2) is 14.4 Å². The number of methoxy groups -OCH3 is 1. The lowest BCUT2D eigenvalue weighted by Crippen LogP contribution is -2.30. The molecule has 144 valence electrons. The van der Waals surface area contributed by atoms with Crippen LogP contribution in [-0.4, -0.2) is 23.0 Å². The number of ether oxygens (including phenoxy) is 1. The first-order valence-corrected chi connectivity index (χ1v) is 8.36. The van der Waals surface area contributed by atoms with Crippen molar-refractivity contribution in [2.45, 2.75) is 6.54 Å². The molecule has 1 aromatic heterocycles. The molecule has 1 heterocycles. The van der Waals surface area contributed by atoms with Crippen molar-refractivity contribution in [2.24, 2.45) is 0 Å². The second kappa shape index (κ2) is 8.67. The van der Waals surface area contributed by atoms with Crippen LogP contribution in [0.15, 0.2) is 54.9 Å². The monoisotopic (exact) mass is 382 g/mol. The van der Waals surface area contributed by atoms with Crippen LogP contribution in [0, 0.1) is 5.82 Å². The lowest BCUT2D eigenvalue weighted by Gasteiger charge is -2.14. The van der Waals surface area contributed by atoms with Crippen LogP contribution in [0.2, 0.25) is 0 Å². The number of amides is 1.